The van der Waals surface area contributed by atoms with Gasteiger partial charge in [0.1, 0.15) is 0 Å². The van der Waals surface area contributed by atoms with Crippen LogP contribution in [0.2, 0.25) is 0 Å². The lowest BCUT2D eigenvalue weighted by molar-refractivity contribution is -0.124. The zero-order valence-electron chi connectivity index (χ0n) is 25.7. The smallest absolute Gasteiger partial charge is 0.237 e. The number of nitrogens with two attached hydrogens (primary N) is 3. The number of hydrogen-bond donors (Lipinski definition) is 9. The molecule has 0 spiro atoms. The number of carbonyl (C=O) groups excluding carboxylic acids is 2. The van der Waals surface area contributed by atoms with Crippen molar-refractivity contribution in [2.75, 3.05) is 72.0 Å². The molecule has 40 heavy (non-hydrogen) atoms. The summed E-state index contributed by atoms with van der Waals surface area (Å²) < 4.78 is 0. The van der Waals surface area contributed by atoms with Gasteiger partial charge in [-0.2, -0.15) is 0 Å². The summed E-state index contributed by atoms with van der Waals surface area (Å²) in [6.07, 6.45) is 12.5. The summed E-state index contributed by atoms with van der Waals surface area (Å²) in [4.78, 5) is 25.4. The van der Waals surface area contributed by atoms with Crippen LogP contribution >= 0.6 is 0 Å². The molecular weight excluding hydrogens is 506 g/mol. The van der Waals surface area contributed by atoms with Crippen molar-refractivity contribution in [3.63, 3.8) is 0 Å². The Hall–Kier alpha value is -1.34. The summed E-state index contributed by atoms with van der Waals surface area (Å²) in [5.74, 6) is 0.176. The number of hydrogen-bond acceptors (Lipinski definition) is 9. The third-order valence-electron chi connectivity index (χ3n) is 6.84. The fourth-order valence-corrected chi connectivity index (χ4v) is 4.32. The van der Waals surface area contributed by atoms with E-state index < -0.39 is 0 Å². The third-order valence-corrected chi connectivity index (χ3v) is 6.84. The largest absolute Gasteiger partial charge is 0.355 e. The summed E-state index contributed by atoms with van der Waals surface area (Å²) in [6, 6.07) is -0.315. The van der Waals surface area contributed by atoms with Crippen molar-refractivity contribution in [2.45, 2.75) is 102 Å². The third kappa shape index (κ3) is 24.5. The summed E-state index contributed by atoms with van der Waals surface area (Å²) in [7, 11) is 0. The van der Waals surface area contributed by atoms with Crippen molar-refractivity contribution in [2.24, 2.45) is 17.2 Å². The van der Waals surface area contributed by atoms with E-state index in [-0.39, 0.29) is 23.9 Å². The molecule has 2 unspecified atom stereocenters. The molecule has 11 heteroatoms. The van der Waals surface area contributed by atoms with Crippen molar-refractivity contribution >= 4 is 11.8 Å². The second-order valence-electron chi connectivity index (χ2n) is 10.6. The molecule has 2 atom stereocenters. The molecule has 11 nitrogen and oxygen atoms in total. The van der Waals surface area contributed by atoms with Crippen LogP contribution in [-0.4, -0.2) is 95.9 Å². The maximum Gasteiger partial charge on any atom is 0.237 e. The Labute approximate surface area is 245 Å². The Morgan fingerprint density at radius 3 is 1.32 bits per heavy atom. The zero-order valence-corrected chi connectivity index (χ0v) is 25.7. The van der Waals surface area contributed by atoms with Gasteiger partial charge in [0.15, 0.2) is 0 Å². The van der Waals surface area contributed by atoms with Crippen molar-refractivity contribution in [3.05, 3.63) is 0 Å². The number of nitrogens with one attached hydrogen (secondary N) is 6. The van der Waals surface area contributed by atoms with Crippen LogP contribution in [0, 0.1) is 0 Å². The van der Waals surface area contributed by atoms with Crippen LogP contribution in [0.5, 0.6) is 0 Å². The molecule has 2 amide bonds. The zero-order chi connectivity index (χ0) is 29.5. The van der Waals surface area contributed by atoms with Gasteiger partial charge in [-0.1, -0.05) is 26.2 Å². The molecule has 0 rings (SSSR count). The molecule has 0 aliphatic heterocycles. The lowest BCUT2D eigenvalue weighted by atomic mass is 10.1. The standard InChI is InChI=1S/C29H65N9O2/c1-2-3-22-35-26(13-8-18-33-20-10-15-30)28(39)37-23-6-4-5-7-24-38-29(40)27(36-25-12-17-32)14-9-19-34-21-11-16-31/h26-27,33-36H,2-25,30-32H2,1H3,(H,37,39)(H,38,40). The number of amides is 2. The van der Waals surface area contributed by atoms with Crippen LogP contribution in [0.3, 0.4) is 0 Å². The highest BCUT2D eigenvalue weighted by atomic mass is 16.2. The molecule has 238 valence electrons. The maximum absolute atomic E-state index is 12.7. The van der Waals surface area contributed by atoms with Crippen LogP contribution in [-0.2, 0) is 9.59 Å². The van der Waals surface area contributed by atoms with Gasteiger partial charge in [0.25, 0.3) is 0 Å². The summed E-state index contributed by atoms with van der Waals surface area (Å²) >= 11 is 0. The van der Waals surface area contributed by atoms with Crippen molar-refractivity contribution in [1.29, 1.82) is 0 Å². The van der Waals surface area contributed by atoms with Crippen molar-refractivity contribution in [1.82, 2.24) is 31.9 Å². The minimum atomic E-state index is -0.182. The van der Waals surface area contributed by atoms with E-state index in [0.717, 1.165) is 123 Å². The average Bonchev–Trinajstić information content (AvgIpc) is 2.95. The van der Waals surface area contributed by atoms with E-state index in [1.807, 2.05) is 0 Å². The van der Waals surface area contributed by atoms with Gasteiger partial charge in [-0.05, 0) is 123 Å². The van der Waals surface area contributed by atoms with E-state index >= 15 is 0 Å². The van der Waals surface area contributed by atoms with E-state index in [2.05, 4.69) is 38.8 Å². The summed E-state index contributed by atoms with van der Waals surface area (Å²) in [5.41, 5.74) is 16.7. The van der Waals surface area contributed by atoms with Gasteiger partial charge >= 0.3 is 0 Å². The molecule has 0 aromatic rings. The van der Waals surface area contributed by atoms with Gasteiger partial charge in [0.2, 0.25) is 11.8 Å². The molecule has 0 fully saturated rings. The van der Waals surface area contributed by atoms with E-state index in [0.29, 0.717) is 32.7 Å². The van der Waals surface area contributed by atoms with E-state index in [1.54, 1.807) is 0 Å². The first-order valence-electron chi connectivity index (χ1n) is 16.1. The molecule has 0 heterocycles. The first-order chi connectivity index (χ1) is 19.6. The lowest BCUT2D eigenvalue weighted by Crippen LogP contribution is -2.45. The van der Waals surface area contributed by atoms with Gasteiger partial charge in [0, 0.05) is 13.1 Å². The van der Waals surface area contributed by atoms with Crippen LogP contribution in [0.4, 0.5) is 0 Å². The van der Waals surface area contributed by atoms with E-state index in [1.165, 1.54) is 0 Å². The summed E-state index contributed by atoms with van der Waals surface area (Å²) in [5, 5.41) is 19.8. The van der Waals surface area contributed by atoms with Crippen LogP contribution in [0.25, 0.3) is 0 Å². The number of unbranched alkanes of at least 4 members (excludes halogenated alkanes) is 4. The second kappa shape index (κ2) is 30.6. The van der Waals surface area contributed by atoms with Crippen LogP contribution in [0.1, 0.15) is 90.4 Å². The van der Waals surface area contributed by atoms with Crippen molar-refractivity contribution < 1.29 is 9.59 Å². The fourth-order valence-electron chi connectivity index (χ4n) is 4.32. The average molecular weight is 572 g/mol. The Kier molecular flexibility index (Phi) is 29.6. The lowest BCUT2D eigenvalue weighted by Gasteiger charge is -2.19. The first-order valence-corrected chi connectivity index (χ1v) is 16.1. The second-order valence-corrected chi connectivity index (χ2v) is 10.6. The minimum Gasteiger partial charge on any atom is -0.355 e. The van der Waals surface area contributed by atoms with E-state index in [4.69, 9.17) is 17.2 Å². The Bertz CT molecular complexity index is 522. The number of carbonyl (C=O) groups is 2. The maximum atomic E-state index is 12.7. The normalized spacial score (nSPS) is 12.8. The molecule has 0 aliphatic carbocycles. The molecular formula is C29H65N9O2. The highest BCUT2D eigenvalue weighted by molar-refractivity contribution is 5.82. The SMILES string of the molecule is CCCCNC(CCCNCCCN)C(=O)NCCCCCCNC(=O)C(CCCNCCCN)NCCCN. The Morgan fingerprint density at radius 2 is 0.900 bits per heavy atom. The molecule has 0 radical (unpaired) electrons. The predicted molar refractivity (Wildman–Crippen MR) is 168 cm³/mol. The minimum absolute atomic E-state index is 0.0717. The van der Waals surface area contributed by atoms with Gasteiger partial charge in [-0.15, -0.1) is 0 Å². The van der Waals surface area contributed by atoms with E-state index in [9.17, 15) is 9.59 Å². The predicted octanol–water partition coefficient (Wildman–Crippen LogP) is 0.282. The van der Waals surface area contributed by atoms with Gasteiger partial charge < -0.3 is 49.1 Å². The quantitative estimate of drug-likeness (QED) is 0.0527. The van der Waals surface area contributed by atoms with Crippen LogP contribution < -0.4 is 49.1 Å². The monoisotopic (exact) mass is 572 g/mol. The highest BCUT2D eigenvalue weighted by Crippen LogP contribution is 2.02. The van der Waals surface area contributed by atoms with Gasteiger partial charge in [-0.3, -0.25) is 9.59 Å². The number of rotatable bonds is 31. The molecule has 0 saturated carbocycles. The van der Waals surface area contributed by atoms with Gasteiger partial charge in [0.05, 0.1) is 12.1 Å². The Morgan fingerprint density at radius 1 is 0.500 bits per heavy atom. The van der Waals surface area contributed by atoms with Gasteiger partial charge in [-0.25, -0.2) is 0 Å². The molecule has 12 N–H and O–H groups in total. The molecule has 0 aromatic carbocycles. The highest BCUT2D eigenvalue weighted by Gasteiger charge is 2.17. The molecule has 0 aliphatic rings. The molecule has 0 aromatic heterocycles. The molecule has 0 bridgehead atoms. The fraction of sp³-hybridized carbons (Fsp3) is 0.931. The van der Waals surface area contributed by atoms with Crippen LogP contribution in [0.15, 0.2) is 0 Å². The van der Waals surface area contributed by atoms with Crippen molar-refractivity contribution in [3.8, 4) is 0 Å². The Balaban J connectivity index is 4.12. The summed E-state index contributed by atoms with van der Waals surface area (Å²) in [6.45, 7) is 10.8. The topological polar surface area (TPSA) is 184 Å². The molecule has 0 saturated heterocycles. The first kappa shape index (κ1) is 38.7.